The predicted octanol–water partition coefficient (Wildman–Crippen LogP) is -2.22. The number of carbonyl (C=O) groups is 5. The monoisotopic (exact) mass is 437 g/mol. The maximum absolute atomic E-state index is 10.9. The molecule has 0 amide bonds. The Kier molecular flexibility index (Phi) is 17.0. The smallest absolute Gasteiger partial charge is 0.317 e. The molecule has 0 heterocycles. The molecule has 0 fully saturated rings. The summed E-state index contributed by atoms with van der Waals surface area (Å²) in [5, 5.41) is 35.5. The summed E-state index contributed by atoms with van der Waals surface area (Å²) in [6.45, 7) is 0.970. The van der Waals surface area contributed by atoms with Crippen LogP contribution in [0.15, 0.2) is 0 Å². The van der Waals surface area contributed by atoms with Gasteiger partial charge >= 0.3 is 23.9 Å². The Hall–Kier alpha value is -2.61. The van der Waals surface area contributed by atoms with Crippen LogP contribution in [0.4, 0.5) is 0 Å². The number of aliphatic carboxylic acids is 4. The van der Waals surface area contributed by atoms with Crippen molar-refractivity contribution < 1.29 is 49.9 Å². The molecule has 0 unspecified atom stereocenters. The van der Waals surface area contributed by atoms with Crippen LogP contribution in [0.2, 0.25) is 0 Å². The summed E-state index contributed by atoms with van der Waals surface area (Å²) in [6.07, 6.45) is 0.714. The van der Waals surface area contributed by atoms with Gasteiger partial charge in [-0.2, -0.15) is 0 Å². The molecule has 0 aromatic carbocycles. The maximum atomic E-state index is 10.9. The maximum Gasteiger partial charge on any atom is 0.317 e. The second-order valence-corrected chi connectivity index (χ2v) is 6.42. The van der Waals surface area contributed by atoms with E-state index in [-0.39, 0.29) is 50.9 Å². The van der Waals surface area contributed by atoms with Crippen LogP contribution in [0.25, 0.3) is 0 Å². The Morgan fingerprint density at radius 2 is 0.933 bits per heavy atom. The molecular formula is C17H31N3O10. The minimum absolute atomic E-state index is 0. The number of carboxylic acids is 4. The van der Waals surface area contributed by atoms with Gasteiger partial charge in [0.15, 0.2) is 0 Å². The van der Waals surface area contributed by atoms with E-state index in [0.717, 1.165) is 6.29 Å². The molecule has 0 bridgehead atoms. The molecule has 0 aliphatic rings. The topological polar surface area (TPSA) is 207 Å². The zero-order chi connectivity index (χ0) is 22.2. The van der Waals surface area contributed by atoms with Crippen LogP contribution in [0.1, 0.15) is 19.3 Å². The molecule has 0 radical (unpaired) electrons. The van der Waals surface area contributed by atoms with Gasteiger partial charge in [0, 0.05) is 52.2 Å². The van der Waals surface area contributed by atoms with Crippen molar-refractivity contribution in [3.63, 3.8) is 0 Å². The summed E-state index contributed by atoms with van der Waals surface area (Å²) >= 11 is 0. The Morgan fingerprint density at radius 3 is 1.27 bits per heavy atom. The van der Waals surface area contributed by atoms with Crippen molar-refractivity contribution in [2.45, 2.75) is 19.3 Å². The minimum atomic E-state index is -1.17. The molecule has 174 valence electrons. The lowest BCUT2D eigenvalue weighted by atomic mass is 10.3. The molecule has 0 saturated heterocycles. The van der Waals surface area contributed by atoms with Gasteiger partial charge in [-0.1, -0.05) is 0 Å². The van der Waals surface area contributed by atoms with Gasteiger partial charge < -0.3 is 40.5 Å². The lowest BCUT2D eigenvalue weighted by molar-refractivity contribution is -0.142. The highest BCUT2D eigenvalue weighted by Crippen LogP contribution is 2.00. The molecule has 0 spiro atoms. The SMILES string of the molecule is O.O=CCCN(CCC(=O)O)CCN(CCC(=O)O)CCN(CC(=O)O)CC(=O)O. The Labute approximate surface area is 173 Å². The highest BCUT2D eigenvalue weighted by atomic mass is 16.4. The Bertz CT molecular complexity index is 542. The van der Waals surface area contributed by atoms with Crippen molar-refractivity contribution in [3.05, 3.63) is 0 Å². The van der Waals surface area contributed by atoms with Crippen LogP contribution in [0.3, 0.4) is 0 Å². The molecule has 0 atom stereocenters. The molecule has 0 saturated carbocycles. The number of hydrogen-bond donors (Lipinski definition) is 4. The lowest BCUT2D eigenvalue weighted by Crippen LogP contribution is -2.43. The second kappa shape index (κ2) is 17.3. The third kappa shape index (κ3) is 17.5. The van der Waals surface area contributed by atoms with Gasteiger partial charge in [0.2, 0.25) is 0 Å². The fourth-order valence-electron chi connectivity index (χ4n) is 2.58. The van der Waals surface area contributed by atoms with E-state index in [1.165, 1.54) is 4.90 Å². The van der Waals surface area contributed by atoms with E-state index in [2.05, 4.69) is 0 Å². The van der Waals surface area contributed by atoms with Crippen LogP contribution in [0, 0.1) is 0 Å². The zero-order valence-electron chi connectivity index (χ0n) is 16.7. The average Bonchev–Trinajstić information content (AvgIpc) is 2.60. The van der Waals surface area contributed by atoms with Gasteiger partial charge in [-0.05, 0) is 0 Å². The first kappa shape index (κ1) is 29.6. The summed E-state index contributed by atoms with van der Waals surface area (Å²) in [7, 11) is 0. The molecule has 30 heavy (non-hydrogen) atoms. The first-order valence-electron chi connectivity index (χ1n) is 9.12. The fourth-order valence-corrected chi connectivity index (χ4v) is 2.58. The van der Waals surface area contributed by atoms with Crippen LogP contribution in [-0.4, -0.2) is 130 Å². The van der Waals surface area contributed by atoms with Crippen LogP contribution in [-0.2, 0) is 24.0 Å². The summed E-state index contributed by atoms with van der Waals surface area (Å²) in [5.41, 5.74) is 0. The molecule has 0 aliphatic heterocycles. The quantitative estimate of drug-likeness (QED) is 0.158. The Balaban J connectivity index is 0. The van der Waals surface area contributed by atoms with Crippen LogP contribution < -0.4 is 0 Å². The summed E-state index contributed by atoms with van der Waals surface area (Å²) in [4.78, 5) is 58.8. The van der Waals surface area contributed by atoms with Crippen molar-refractivity contribution in [2.75, 3.05) is 58.9 Å². The molecule has 0 rings (SSSR count). The summed E-state index contributed by atoms with van der Waals surface area (Å²) in [5.74, 6) is -4.32. The molecular weight excluding hydrogens is 406 g/mol. The summed E-state index contributed by atoms with van der Waals surface area (Å²) < 4.78 is 0. The molecule has 6 N–H and O–H groups in total. The fraction of sp³-hybridized carbons (Fsp3) is 0.706. The van der Waals surface area contributed by atoms with Gasteiger partial charge in [-0.25, -0.2) is 0 Å². The first-order valence-corrected chi connectivity index (χ1v) is 9.12. The second-order valence-electron chi connectivity index (χ2n) is 6.42. The first-order chi connectivity index (χ1) is 13.6. The largest absolute Gasteiger partial charge is 0.481 e. The standard InChI is InChI=1S/C17H29N3O9.H2O/c21-11-1-4-18(5-2-14(22)23)7-8-19(6-3-15(24)25)9-10-20(12-16(26)27)13-17(28)29;/h11H,1-10,12-13H2,(H,22,23)(H,24,25)(H,26,27)(H,28,29);1H2. The van der Waals surface area contributed by atoms with Gasteiger partial charge in [-0.15, -0.1) is 0 Å². The van der Waals surface area contributed by atoms with Crippen molar-refractivity contribution in [1.29, 1.82) is 0 Å². The number of rotatable bonds is 19. The van der Waals surface area contributed by atoms with Crippen molar-refractivity contribution in [1.82, 2.24) is 14.7 Å². The van der Waals surface area contributed by atoms with Crippen molar-refractivity contribution in [3.8, 4) is 0 Å². The average molecular weight is 437 g/mol. The number of aldehydes is 1. The van der Waals surface area contributed by atoms with E-state index in [9.17, 15) is 24.0 Å². The van der Waals surface area contributed by atoms with E-state index in [1.807, 2.05) is 0 Å². The highest BCUT2D eigenvalue weighted by Gasteiger charge is 2.17. The number of nitrogens with zero attached hydrogens (tertiary/aromatic N) is 3. The van der Waals surface area contributed by atoms with E-state index >= 15 is 0 Å². The lowest BCUT2D eigenvalue weighted by Gasteiger charge is -2.28. The predicted molar refractivity (Wildman–Crippen MR) is 103 cm³/mol. The minimum Gasteiger partial charge on any atom is -0.481 e. The number of carboxylic acid groups (broad SMARTS) is 4. The number of hydrogen-bond acceptors (Lipinski definition) is 8. The molecule has 0 aromatic rings. The van der Waals surface area contributed by atoms with Crippen molar-refractivity contribution >= 4 is 30.2 Å². The van der Waals surface area contributed by atoms with Gasteiger partial charge in [0.05, 0.1) is 25.9 Å². The van der Waals surface area contributed by atoms with Gasteiger partial charge in [0.1, 0.15) is 6.29 Å². The Morgan fingerprint density at radius 1 is 0.567 bits per heavy atom. The molecule has 13 nitrogen and oxygen atoms in total. The van der Waals surface area contributed by atoms with Gasteiger partial charge in [0.25, 0.3) is 0 Å². The number of carbonyl (C=O) groups excluding carboxylic acids is 1. The summed E-state index contributed by atoms with van der Waals surface area (Å²) in [6, 6.07) is 0. The highest BCUT2D eigenvalue weighted by molar-refractivity contribution is 5.72. The molecule has 13 heteroatoms. The van der Waals surface area contributed by atoms with Crippen molar-refractivity contribution in [2.24, 2.45) is 0 Å². The van der Waals surface area contributed by atoms with Crippen LogP contribution >= 0.6 is 0 Å². The van der Waals surface area contributed by atoms with Gasteiger partial charge in [-0.3, -0.25) is 24.1 Å². The van der Waals surface area contributed by atoms with E-state index < -0.39 is 37.0 Å². The van der Waals surface area contributed by atoms with E-state index in [4.69, 9.17) is 20.4 Å². The zero-order valence-corrected chi connectivity index (χ0v) is 16.7. The normalized spacial score (nSPS) is 10.8. The van der Waals surface area contributed by atoms with E-state index in [1.54, 1.807) is 9.80 Å². The molecule has 0 aliphatic carbocycles. The third-order valence-electron chi connectivity index (χ3n) is 4.03. The third-order valence-corrected chi connectivity index (χ3v) is 4.03. The van der Waals surface area contributed by atoms with Crippen LogP contribution in [0.5, 0.6) is 0 Å². The molecule has 0 aromatic heterocycles. The van der Waals surface area contributed by atoms with E-state index in [0.29, 0.717) is 19.6 Å².